The first-order valence-electron chi connectivity index (χ1n) is 7.41. The first-order valence-corrected chi connectivity index (χ1v) is 7.41. The predicted molar refractivity (Wildman–Crippen MR) is 89.1 cm³/mol. The Morgan fingerprint density at radius 2 is 1.71 bits per heavy atom. The number of fused-ring (bicyclic) bond motifs is 1. The van der Waals surface area contributed by atoms with Gasteiger partial charge in [-0.3, -0.25) is 9.67 Å². The number of hydrogen-bond donors (Lipinski definition) is 1. The number of hydrogen-bond acceptors (Lipinski definition) is 3. The molecule has 0 radical (unpaired) electrons. The first kappa shape index (κ1) is 19.1. The van der Waals surface area contributed by atoms with Crippen LogP contribution in [0.15, 0.2) is 12.4 Å². The molecule has 0 amide bonds. The van der Waals surface area contributed by atoms with E-state index in [1.54, 1.807) is 30.9 Å². The summed E-state index contributed by atoms with van der Waals surface area (Å²) in [6.07, 6.45) is 3.56. The molecule has 2 aromatic rings. The molecule has 0 aliphatic rings. The number of aromatic nitrogens is 3. The zero-order valence-electron chi connectivity index (χ0n) is 14.4. The van der Waals surface area contributed by atoms with Crippen LogP contribution in [0.1, 0.15) is 52.8 Å². The van der Waals surface area contributed by atoms with E-state index in [1.807, 2.05) is 41.7 Å². The van der Waals surface area contributed by atoms with E-state index in [1.165, 1.54) is 0 Å². The van der Waals surface area contributed by atoms with Crippen LogP contribution in [0.2, 0.25) is 0 Å². The number of nitrogens with zero attached hydrogens (tertiary/aromatic N) is 3. The van der Waals surface area contributed by atoms with E-state index >= 15 is 0 Å². The van der Waals surface area contributed by atoms with E-state index in [9.17, 15) is 5.11 Å². The van der Waals surface area contributed by atoms with Crippen molar-refractivity contribution in [2.24, 2.45) is 7.05 Å². The van der Waals surface area contributed by atoms with Crippen LogP contribution in [0.5, 0.6) is 0 Å². The second-order valence-electron chi connectivity index (χ2n) is 4.63. The van der Waals surface area contributed by atoms with Crippen LogP contribution in [-0.4, -0.2) is 25.5 Å². The summed E-state index contributed by atoms with van der Waals surface area (Å²) in [5.41, 5.74) is 1.66. The Bertz CT molecular complexity index is 625. The van der Waals surface area contributed by atoms with E-state index in [2.05, 4.69) is 21.9 Å². The molecule has 0 fully saturated rings. The maximum absolute atomic E-state index is 9.61. The highest BCUT2D eigenvalue weighted by atomic mass is 16.3. The normalized spacial score (nSPS) is 9.76. The van der Waals surface area contributed by atoms with Crippen molar-refractivity contribution in [3.8, 4) is 11.8 Å². The summed E-state index contributed by atoms with van der Waals surface area (Å²) in [5.74, 6) is 5.71. The smallest absolute Gasteiger partial charge is 0.143 e. The minimum absolute atomic E-state index is 0.685. The molecule has 0 aromatic carbocycles. The lowest BCUT2D eigenvalue weighted by Gasteiger charge is -2.05. The van der Waals surface area contributed by atoms with Gasteiger partial charge in [0.25, 0.3) is 0 Å². The molecule has 0 atom stereocenters. The van der Waals surface area contributed by atoms with Gasteiger partial charge in [0.2, 0.25) is 0 Å². The van der Waals surface area contributed by atoms with Gasteiger partial charge in [0, 0.05) is 18.6 Å². The molecule has 2 heterocycles. The summed E-state index contributed by atoms with van der Waals surface area (Å²) in [7, 11) is 1.86. The fourth-order valence-electron chi connectivity index (χ4n) is 1.66. The zero-order valence-corrected chi connectivity index (χ0v) is 14.4. The number of aliphatic hydroxyl groups is 1. The van der Waals surface area contributed by atoms with E-state index < -0.39 is 5.60 Å². The molecule has 2 aromatic heterocycles. The monoisotopic (exact) mass is 289 g/mol. The van der Waals surface area contributed by atoms with Crippen molar-refractivity contribution in [2.75, 3.05) is 0 Å². The quantitative estimate of drug-likeness (QED) is 0.756. The Morgan fingerprint density at radius 3 is 2.24 bits per heavy atom. The van der Waals surface area contributed by atoms with Gasteiger partial charge in [-0.15, -0.1) is 0 Å². The van der Waals surface area contributed by atoms with E-state index in [0.29, 0.717) is 5.69 Å². The third kappa shape index (κ3) is 5.20. The van der Waals surface area contributed by atoms with Gasteiger partial charge in [-0.05, 0) is 32.3 Å². The predicted octanol–water partition coefficient (Wildman–Crippen LogP) is 3.45. The maximum atomic E-state index is 9.61. The standard InChI is InChI=1S/C13H15N3O.2C2H6/c1-9-7-14-8-11-12(9)10(15-16(11)4)5-6-13(2,3)17;2*1-2/h7-8,17H,1-4H3;2*1-2H3. The van der Waals surface area contributed by atoms with Crippen molar-refractivity contribution >= 4 is 10.9 Å². The van der Waals surface area contributed by atoms with Crippen LogP contribution in [0, 0.1) is 18.8 Å². The van der Waals surface area contributed by atoms with Crippen molar-refractivity contribution in [3.05, 3.63) is 23.7 Å². The van der Waals surface area contributed by atoms with Crippen molar-refractivity contribution < 1.29 is 5.11 Å². The van der Waals surface area contributed by atoms with Crippen LogP contribution >= 0.6 is 0 Å². The topological polar surface area (TPSA) is 50.9 Å². The molecule has 4 heteroatoms. The summed E-state index contributed by atoms with van der Waals surface area (Å²) >= 11 is 0. The van der Waals surface area contributed by atoms with Crippen molar-refractivity contribution in [3.63, 3.8) is 0 Å². The molecule has 0 bridgehead atoms. The lowest BCUT2D eigenvalue weighted by atomic mass is 10.1. The fourth-order valence-corrected chi connectivity index (χ4v) is 1.66. The molecule has 0 saturated carbocycles. The highest BCUT2D eigenvalue weighted by molar-refractivity contribution is 5.86. The minimum atomic E-state index is -1.01. The average molecular weight is 289 g/mol. The second-order valence-corrected chi connectivity index (χ2v) is 4.63. The van der Waals surface area contributed by atoms with Gasteiger partial charge >= 0.3 is 0 Å². The Labute approximate surface area is 128 Å². The van der Waals surface area contributed by atoms with Crippen molar-refractivity contribution in [2.45, 2.75) is 54.1 Å². The van der Waals surface area contributed by atoms with Gasteiger partial charge in [-0.25, -0.2) is 0 Å². The third-order valence-electron chi connectivity index (χ3n) is 2.44. The van der Waals surface area contributed by atoms with Gasteiger partial charge in [0.05, 0.1) is 11.7 Å². The molecule has 0 unspecified atom stereocenters. The summed E-state index contributed by atoms with van der Waals surface area (Å²) in [6, 6.07) is 0. The molecule has 0 aliphatic heterocycles. The Morgan fingerprint density at radius 1 is 1.14 bits per heavy atom. The zero-order chi connectivity index (χ0) is 16.6. The van der Waals surface area contributed by atoms with Crippen molar-refractivity contribution in [1.82, 2.24) is 14.8 Å². The van der Waals surface area contributed by atoms with Gasteiger partial charge in [0.15, 0.2) is 0 Å². The Kier molecular flexibility index (Phi) is 7.69. The summed E-state index contributed by atoms with van der Waals surface area (Å²) in [5, 5.41) is 15.0. The molecule has 21 heavy (non-hydrogen) atoms. The SMILES string of the molecule is CC.CC.Cc1cncc2c1c(C#CC(C)(C)O)nn2C. The van der Waals surface area contributed by atoms with Crippen LogP contribution in [-0.2, 0) is 7.05 Å². The second kappa shape index (κ2) is 8.43. The van der Waals surface area contributed by atoms with E-state index in [-0.39, 0.29) is 0 Å². The van der Waals surface area contributed by atoms with Gasteiger partial charge < -0.3 is 5.11 Å². The highest BCUT2D eigenvalue weighted by Gasteiger charge is 2.11. The maximum Gasteiger partial charge on any atom is 0.143 e. The van der Waals surface area contributed by atoms with Gasteiger partial charge in [-0.2, -0.15) is 5.10 Å². The molecule has 0 aliphatic carbocycles. The number of aryl methyl sites for hydroxylation is 2. The highest BCUT2D eigenvalue weighted by Crippen LogP contribution is 2.19. The largest absolute Gasteiger partial charge is 0.378 e. The number of pyridine rings is 1. The summed E-state index contributed by atoms with van der Waals surface area (Å²) in [4.78, 5) is 4.14. The van der Waals surface area contributed by atoms with Crippen LogP contribution in [0.25, 0.3) is 10.9 Å². The molecule has 116 valence electrons. The summed E-state index contributed by atoms with van der Waals surface area (Å²) in [6.45, 7) is 13.3. The lowest BCUT2D eigenvalue weighted by molar-refractivity contribution is 0.143. The molecule has 0 spiro atoms. The molecule has 0 saturated heterocycles. The minimum Gasteiger partial charge on any atom is -0.378 e. The van der Waals surface area contributed by atoms with Crippen LogP contribution in [0.3, 0.4) is 0 Å². The Balaban J connectivity index is 0.000000921. The van der Waals surface area contributed by atoms with Crippen LogP contribution < -0.4 is 0 Å². The van der Waals surface area contributed by atoms with Gasteiger partial charge in [0.1, 0.15) is 11.3 Å². The summed E-state index contributed by atoms with van der Waals surface area (Å²) < 4.78 is 1.75. The molecule has 2 rings (SSSR count). The van der Waals surface area contributed by atoms with Gasteiger partial charge in [-0.1, -0.05) is 33.6 Å². The van der Waals surface area contributed by atoms with Crippen LogP contribution in [0.4, 0.5) is 0 Å². The van der Waals surface area contributed by atoms with Crippen molar-refractivity contribution in [1.29, 1.82) is 0 Å². The third-order valence-corrected chi connectivity index (χ3v) is 2.44. The molecule has 4 nitrogen and oxygen atoms in total. The fraction of sp³-hybridized carbons (Fsp3) is 0.529. The lowest BCUT2D eigenvalue weighted by Crippen LogP contribution is -2.14. The van der Waals surface area contributed by atoms with E-state index in [0.717, 1.165) is 16.5 Å². The molecular formula is C17H27N3O. The number of rotatable bonds is 0. The van der Waals surface area contributed by atoms with E-state index in [4.69, 9.17) is 0 Å². The average Bonchev–Trinajstić information content (AvgIpc) is 2.79. The Hall–Kier alpha value is -1.86. The molecular weight excluding hydrogens is 262 g/mol. The first-order chi connectivity index (χ1) is 9.88. The molecule has 1 N–H and O–H groups in total.